The van der Waals surface area contributed by atoms with Crippen molar-refractivity contribution >= 4 is 34.0 Å². The number of rotatable bonds is 9. The molecule has 5 rings (SSSR count). The van der Waals surface area contributed by atoms with E-state index in [1.54, 1.807) is 11.8 Å². The number of nitrogens with one attached hydrogen (secondary N) is 1. The van der Waals surface area contributed by atoms with Gasteiger partial charge in [-0.25, -0.2) is 9.97 Å². The molecule has 0 aliphatic carbocycles. The van der Waals surface area contributed by atoms with Crippen molar-refractivity contribution in [2.24, 2.45) is 5.92 Å². The molecular formula is C28H31N5O2S2. The summed E-state index contributed by atoms with van der Waals surface area (Å²) in [5.41, 5.74) is 2.03. The van der Waals surface area contributed by atoms with Gasteiger partial charge in [-0.15, -0.1) is 23.1 Å². The van der Waals surface area contributed by atoms with Crippen molar-refractivity contribution in [3.8, 4) is 11.5 Å². The maximum absolute atomic E-state index is 10.0. The molecule has 2 unspecified atom stereocenters. The number of aromatic nitrogens is 3. The van der Waals surface area contributed by atoms with Gasteiger partial charge in [-0.3, -0.25) is 9.88 Å². The number of ether oxygens (including phenoxy) is 1. The Balaban J connectivity index is 1.42. The number of thioether (sulfide) groups is 1. The van der Waals surface area contributed by atoms with Crippen LogP contribution in [-0.2, 0) is 0 Å². The van der Waals surface area contributed by atoms with Crippen molar-refractivity contribution in [1.82, 2.24) is 19.9 Å². The first-order valence-electron chi connectivity index (χ1n) is 12.5. The van der Waals surface area contributed by atoms with Gasteiger partial charge in [-0.1, -0.05) is 24.3 Å². The summed E-state index contributed by atoms with van der Waals surface area (Å²) < 4.78 is 6.29. The first-order valence-corrected chi connectivity index (χ1v) is 14.2. The number of nitrogens with zero attached hydrogens (tertiary/aromatic N) is 4. The molecule has 4 aromatic rings. The predicted molar refractivity (Wildman–Crippen MR) is 150 cm³/mol. The third-order valence-corrected chi connectivity index (χ3v) is 8.67. The van der Waals surface area contributed by atoms with Crippen molar-refractivity contribution < 1.29 is 9.84 Å². The third kappa shape index (κ3) is 6.67. The molecule has 0 saturated carbocycles. The van der Waals surface area contributed by atoms with E-state index in [-0.39, 0.29) is 5.25 Å². The van der Waals surface area contributed by atoms with Gasteiger partial charge in [0.1, 0.15) is 12.0 Å². The zero-order valence-corrected chi connectivity index (χ0v) is 22.6. The Hall–Kier alpha value is -2.98. The highest BCUT2D eigenvalue weighted by molar-refractivity contribution is 7.99. The van der Waals surface area contributed by atoms with E-state index in [0.29, 0.717) is 17.5 Å². The number of likely N-dealkylation sites (tertiary alicyclic amines) is 1. The molecule has 0 spiro atoms. The lowest BCUT2D eigenvalue weighted by atomic mass is 9.91. The molecule has 7 nitrogen and oxygen atoms in total. The van der Waals surface area contributed by atoms with Gasteiger partial charge in [0.2, 0.25) is 0 Å². The Kier molecular flexibility index (Phi) is 8.35. The minimum Gasteiger partial charge on any atom is -0.453 e. The van der Waals surface area contributed by atoms with Crippen LogP contribution in [0.3, 0.4) is 0 Å². The number of hydrogen-bond donors (Lipinski definition) is 2. The van der Waals surface area contributed by atoms with E-state index in [2.05, 4.69) is 21.3 Å². The van der Waals surface area contributed by atoms with Crippen LogP contribution in [-0.4, -0.2) is 44.3 Å². The van der Waals surface area contributed by atoms with Crippen LogP contribution in [0, 0.1) is 12.8 Å². The molecule has 0 bridgehead atoms. The Morgan fingerprint density at radius 2 is 1.89 bits per heavy atom. The quantitative estimate of drug-likeness (QED) is 0.231. The van der Waals surface area contributed by atoms with E-state index in [1.165, 1.54) is 11.3 Å². The maximum Gasteiger partial charge on any atom is 0.188 e. The lowest BCUT2D eigenvalue weighted by Gasteiger charge is -2.37. The number of hydrogen-bond acceptors (Lipinski definition) is 9. The lowest BCUT2D eigenvalue weighted by molar-refractivity contribution is -0.00352. The SMILES string of the molecule is Cc1csc(Nc2ncc(SC(c3ccccn3)C3CCN(C(C)O)CC3)cc2Oc2ccccc2)n1. The fraction of sp³-hybridized carbons (Fsp3) is 0.321. The minimum atomic E-state index is -0.412. The van der Waals surface area contributed by atoms with Gasteiger partial charge in [0.05, 0.1) is 16.6 Å². The number of para-hydroxylation sites is 1. The first kappa shape index (κ1) is 25.7. The highest BCUT2D eigenvalue weighted by Crippen LogP contribution is 2.45. The van der Waals surface area contributed by atoms with Gasteiger partial charge in [-0.05, 0) is 62.9 Å². The lowest BCUT2D eigenvalue weighted by Crippen LogP contribution is -2.40. The zero-order valence-electron chi connectivity index (χ0n) is 20.9. The summed E-state index contributed by atoms with van der Waals surface area (Å²) in [6.07, 6.45) is 5.35. The molecule has 1 fully saturated rings. The van der Waals surface area contributed by atoms with Crippen LogP contribution >= 0.6 is 23.1 Å². The molecule has 9 heteroatoms. The number of pyridine rings is 2. The van der Waals surface area contributed by atoms with Gasteiger partial charge in [0.25, 0.3) is 0 Å². The van der Waals surface area contributed by atoms with Crippen LogP contribution in [0.4, 0.5) is 10.9 Å². The van der Waals surface area contributed by atoms with Crippen LogP contribution in [0.5, 0.6) is 11.5 Å². The van der Waals surface area contributed by atoms with Gasteiger partial charge in [-0.2, -0.15) is 0 Å². The average molecular weight is 534 g/mol. The zero-order chi connectivity index (χ0) is 25.6. The fourth-order valence-corrected chi connectivity index (χ4v) is 6.47. The van der Waals surface area contributed by atoms with Gasteiger partial charge in [0.15, 0.2) is 16.7 Å². The normalized spacial score (nSPS) is 16.3. The molecule has 2 N–H and O–H groups in total. The van der Waals surface area contributed by atoms with Crippen LogP contribution in [0.2, 0.25) is 0 Å². The summed E-state index contributed by atoms with van der Waals surface area (Å²) >= 11 is 3.31. The Morgan fingerprint density at radius 3 is 2.57 bits per heavy atom. The molecule has 1 aliphatic rings. The summed E-state index contributed by atoms with van der Waals surface area (Å²) in [6.45, 7) is 5.57. The summed E-state index contributed by atoms with van der Waals surface area (Å²) in [5.74, 6) is 2.45. The van der Waals surface area contributed by atoms with Crippen molar-refractivity contribution in [3.63, 3.8) is 0 Å². The number of aliphatic hydroxyl groups is 1. The van der Waals surface area contributed by atoms with E-state index < -0.39 is 6.23 Å². The Bertz CT molecular complexity index is 1280. The van der Waals surface area contributed by atoms with Crippen molar-refractivity contribution in [2.45, 2.75) is 43.1 Å². The molecule has 192 valence electrons. The van der Waals surface area contributed by atoms with Crippen molar-refractivity contribution in [3.05, 3.63) is 83.8 Å². The first-order chi connectivity index (χ1) is 18.0. The van der Waals surface area contributed by atoms with E-state index >= 15 is 0 Å². The monoisotopic (exact) mass is 533 g/mol. The highest BCUT2D eigenvalue weighted by Gasteiger charge is 2.30. The molecule has 0 amide bonds. The summed E-state index contributed by atoms with van der Waals surface area (Å²) in [7, 11) is 0. The largest absolute Gasteiger partial charge is 0.453 e. The number of piperidine rings is 1. The Morgan fingerprint density at radius 1 is 1.11 bits per heavy atom. The number of aryl methyl sites for hydroxylation is 1. The second kappa shape index (κ2) is 12.0. The summed E-state index contributed by atoms with van der Waals surface area (Å²) in [6, 6.07) is 17.9. The molecule has 1 saturated heterocycles. The van der Waals surface area contributed by atoms with Crippen LogP contribution < -0.4 is 10.1 Å². The van der Waals surface area contributed by atoms with E-state index in [1.807, 2.05) is 80.2 Å². The smallest absolute Gasteiger partial charge is 0.188 e. The molecule has 4 heterocycles. The summed E-state index contributed by atoms with van der Waals surface area (Å²) in [5, 5.41) is 16.3. The fourth-order valence-electron chi connectivity index (χ4n) is 4.48. The third-order valence-electron chi connectivity index (χ3n) is 6.42. The van der Waals surface area contributed by atoms with Gasteiger partial charge < -0.3 is 15.2 Å². The standard InChI is InChI=1S/C28H31N5O2S2/c1-19-18-36-28(31-19)32-27-25(35-22-8-4-3-5-9-22)16-23(17-30-27)37-26(24-10-6-7-13-29-24)21-11-14-33(15-12-21)20(2)34/h3-10,13,16-18,20-21,26,34H,11-12,14-15H2,1-2H3,(H,30,31,32). The second-order valence-corrected chi connectivity index (χ2v) is 11.2. The number of anilines is 2. The van der Waals surface area contributed by atoms with Crippen LogP contribution in [0.25, 0.3) is 0 Å². The van der Waals surface area contributed by atoms with E-state index in [0.717, 1.165) is 53.1 Å². The number of benzene rings is 1. The number of aliphatic hydroxyl groups excluding tert-OH is 1. The molecule has 2 atom stereocenters. The minimum absolute atomic E-state index is 0.171. The van der Waals surface area contributed by atoms with Crippen molar-refractivity contribution in [1.29, 1.82) is 0 Å². The van der Waals surface area contributed by atoms with Crippen molar-refractivity contribution in [2.75, 3.05) is 18.4 Å². The topological polar surface area (TPSA) is 83.4 Å². The van der Waals surface area contributed by atoms with Crippen LogP contribution in [0.1, 0.15) is 36.4 Å². The molecule has 1 aliphatic heterocycles. The second-order valence-electron chi connectivity index (χ2n) is 9.15. The maximum atomic E-state index is 10.0. The molecule has 0 radical (unpaired) electrons. The average Bonchev–Trinajstić information content (AvgIpc) is 3.34. The molecule has 1 aromatic carbocycles. The molecular weight excluding hydrogens is 502 g/mol. The van der Waals surface area contributed by atoms with Gasteiger partial charge in [0, 0.05) is 35.8 Å². The highest BCUT2D eigenvalue weighted by atomic mass is 32.2. The summed E-state index contributed by atoms with van der Waals surface area (Å²) in [4.78, 5) is 17.1. The van der Waals surface area contributed by atoms with E-state index in [4.69, 9.17) is 14.7 Å². The number of thiazole rings is 1. The predicted octanol–water partition coefficient (Wildman–Crippen LogP) is 6.66. The molecule has 3 aromatic heterocycles. The van der Waals surface area contributed by atoms with Crippen LogP contribution in [0.15, 0.2) is 77.3 Å². The van der Waals surface area contributed by atoms with E-state index in [9.17, 15) is 5.11 Å². The Labute approximate surface area is 226 Å². The molecule has 37 heavy (non-hydrogen) atoms. The van der Waals surface area contributed by atoms with Gasteiger partial charge >= 0.3 is 0 Å².